The van der Waals surface area contributed by atoms with Gasteiger partial charge in [-0.25, -0.2) is 4.98 Å². The first-order valence-corrected chi connectivity index (χ1v) is 9.14. The van der Waals surface area contributed by atoms with E-state index in [1.54, 1.807) is 11.8 Å². The number of aromatic nitrogens is 3. The van der Waals surface area contributed by atoms with E-state index in [9.17, 15) is 22.4 Å². The number of morpholine rings is 1. The summed E-state index contributed by atoms with van der Waals surface area (Å²) in [4.78, 5) is 23.9. The number of alkyl halides is 3. The van der Waals surface area contributed by atoms with E-state index in [2.05, 4.69) is 9.97 Å². The third-order valence-corrected chi connectivity index (χ3v) is 5.12. The zero-order valence-corrected chi connectivity index (χ0v) is 15.5. The molecular formula is C17H19F4N5O3. The minimum atomic E-state index is -4.71. The molecule has 0 N–H and O–H groups in total. The van der Waals surface area contributed by atoms with Gasteiger partial charge in [0.25, 0.3) is 5.56 Å². The first-order valence-electron chi connectivity index (χ1n) is 9.14. The Morgan fingerprint density at radius 2 is 2.10 bits per heavy atom. The molecule has 0 spiro atoms. The highest BCUT2D eigenvalue weighted by Gasteiger charge is 2.46. The fourth-order valence-corrected chi connectivity index (χ4v) is 3.69. The van der Waals surface area contributed by atoms with Crippen molar-refractivity contribution in [2.45, 2.75) is 38.1 Å². The third-order valence-electron chi connectivity index (χ3n) is 5.12. The quantitative estimate of drug-likeness (QED) is 0.708. The Kier molecular flexibility index (Phi) is 4.97. The van der Waals surface area contributed by atoms with Crippen molar-refractivity contribution in [1.29, 1.82) is 0 Å². The lowest BCUT2D eigenvalue weighted by atomic mass is 10.1. The van der Waals surface area contributed by atoms with Crippen LogP contribution in [-0.4, -0.2) is 53.1 Å². The molecule has 0 bridgehead atoms. The molecule has 2 aromatic rings. The van der Waals surface area contributed by atoms with Crippen molar-refractivity contribution >= 4 is 11.8 Å². The maximum atomic E-state index is 14.9. The number of ether oxygens (including phenoxy) is 1. The minimum absolute atomic E-state index is 0.00769. The molecule has 1 saturated heterocycles. The van der Waals surface area contributed by atoms with Gasteiger partial charge in [-0.05, 0) is 13.3 Å². The van der Waals surface area contributed by atoms with E-state index in [-0.39, 0.29) is 43.3 Å². The summed E-state index contributed by atoms with van der Waals surface area (Å²) in [5.74, 6) is -1.56. The van der Waals surface area contributed by atoms with Crippen LogP contribution in [0.4, 0.5) is 29.3 Å². The third kappa shape index (κ3) is 3.56. The number of rotatable bonds is 3. The first-order chi connectivity index (χ1) is 13.8. The molecule has 1 fully saturated rings. The van der Waals surface area contributed by atoms with Crippen LogP contribution in [0.3, 0.4) is 0 Å². The van der Waals surface area contributed by atoms with Gasteiger partial charge >= 0.3 is 6.18 Å². The Morgan fingerprint density at radius 3 is 2.76 bits per heavy atom. The molecule has 0 amide bonds. The molecule has 0 saturated carbocycles. The average molecular weight is 417 g/mol. The van der Waals surface area contributed by atoms with Crippen molar-refractivity contribution in [3.05, 3.63) is 34.5 Å². The van der Waals surface area contributed by atoms with Gasteiger partial charge in [0, 0.05) is 13.1 Å². The summed E-state index contributed by atoms with van der Waals surface area (Å²) in [6.45, 7) is 2.60. The number of halogens is 4. The van der Waals surface area contributed by atoms with Crippen molar-refractivity contribution in [3.63, 3.8) is 0 Å². The van der Waals surface area contributed by atoms with Gasteiger partial charge in [-0.3, -0.25) is 9.36 Å². The summed E-state index contributed by atoms with van der Waals surface area (Å²) in [5.41, 5.74) is -1.34. The lowest BCUT2D eigenvalue weighted by Gasteiger charge is -2.38. The SMILES string of the molecule is C[C@@H]1COCCN1c1nc2n(c(=O)c1F)[C@@H](C(F)(F)F)CCN2Cc1ncco1. The lowest BCUT2D eigenvalue weighted by molar-refractivity contribution is -0.171. The van der Waals surface area contributed by atoms with E-state index in [0.29, 0.717) is 17.8 Å². The van der Waals surface area contributed by atoms with Crippen LogP contribution in [0.1, 0.15) is 25.3 Å². The molecule has 2 atom stereocenters. The highest BCUT2D eigenvalue weighted by molar-refractivity contribution is 5.48. The summed E-state index contributed by atoms with van der Waals surface area (Å²) < 4.78 is 66.5. The molecule has 4 rings (SSSR count). The Morgan fingerprint density at radius 1 is 1.31 bits per heavy atom. The van der Waals surface area contributed by atoms with E-state index in [1.807, 2.05) is 0 Å². The number of nitrogens with zero attached hydrogens (tertiary/aromatic N) is 5. The first kappa shape index (κ1) is 19.7. The van der Waals surface area contributed by atoms with Crippen molar-refractivity contribution in [2.24, 2.45) is 0 Å². The molecule has 0 aliphatic carbocycles. The van der Waals surface area contributed by atoms with Crippen LogP contribution in [0.5, 0.6) is 0 Å². The average Bonchev–Trinajstić information content (AvgIpc) is 3.18. The van der Waals surface area contributed by atoms with Gasteiger partial charge in [-0.15, -0.1) is 0 Å². The Labute approximate surface area is 162 Å². The molecule has 158 valence electrons. The number of hydrogen-bond donors (Lipinski definition) is 0. The summed E-state index contributed by atoms with van der Waals surface area (Å²) in [6, 6.07) is -2.43. The Balaban J connectivity index is 1.84. The van der Waals surface area contributed by atoms with Crippen molar-refractivity contribution < 1.29 is 26.7 Å². The molecule has 0 aromatic carbocycles. The van der Waals surface area contributed by atoms with Gasteiger partial charge in [0.1, 0.15) is 12.3 Å². The molecule has 0 radical (unpaired) electrons. The molecule has 0 unspecified atom stereocenters. The van der Waals surface area contributed by atoms with Crippen LogP contribution < -0.4 is 15.4 Å². The molecule has 4 heterocycles. The maximum Gasteiger partial charge on any atom is 0.409 e. The molecule has 29 heavy (non-hydrogen) atoms. The van der Waals surface area contributed by atoms with Gasteiger partial charge in [-0.1, -0.05) is 0 Å². The van der Waals surface area contributed by atoms with Crippen LogP contribution in [0.2, 0.25) is 0 Å². The zero-order chi connectivity index (χ0) is 20.8. The summed E-state index contributed by atoms with van der Waals surface area (Å²) in [6.07, 6.45) is -2.38. The summed E-state index contributed by atoms with van der Waals surface area (Å²) in [5, 5.41) is 0. The Bertz CT molecular complexity index is 930. The van der Waals surface area contributed by atoms with E-state index in [0.717, 1.165) is 0 Å². The number of anilines is 2. The lowest BCUT2D eigenvalue weighted by Crippen LogP contribution is -2.49. The van der Waals surface area contributed by atoms with Crippen LogP contribution in [-0.2, 0) is 11.3 Å². The van der Waals surface area contributed by atoms with E-state index < -0.39 is 30.0 Å². The monoisotopic (exact) mass is 417 g/mol. The highest BCUT2D eigenvalue weighted by Crippen LogP contribution is 2.39. The van der Waals surface area contributed by atoms with E-state index in [4.69, 9.17) is 9.15 Å². The van der Waals surface area contributed by atoms with Crippen molar-refractivity contribution in [2.75, 3.05) is 36.1 Å². The van der Waals surface area contributed by atoms with Crippen molar-refractivity contribution in [3.8, 4) is 0 Å². The zero-order valence-electron chi connectivity index (χ0n) is 15.5. The molecule has 2 aliphatic heterocycles. The van der Waals surface area contributed by atoms with E-state index >= 15 is 0 Å². The second-order valence-electron chi connectivity index (χ2n) is 7.04. The second-order valence-corrected chi connectivity index (χ2v) is 7.04. The highest BCUT2D eigenvalue weighted by atomic mass is 19.4. The molecule has 2 aliphatic rings. The number of hydrogen-bond acceptors (Lipinski definition) is 7. The number of fused-ring (bicyclic) bond motifs is 1. The predicted molar refractivity (Wildman–Crippen MR) is 93.3 cm³/mol. The standard InChI is InChI=1S/C17H19F4N5O3/c1-10-9-28-7-5-25(10)14-13(18)15(27)26-11(17(19,20)21)2-4-24(16(26)23-14)8-12-22-3-6-29-12/h3,6,10-11H,2,4-5,7-9H2,1H3/t10-,11-/m1/s1. The summed E-state index contributed by atoms with van der Waals surface area (Å²) in [7, 11) is 0. The van der Waals surface area contributed by atoms with Gasteiger partial charge in [0.2, 0.25) is 17.7 Å². The van der Waals surface area contributed by atoms with Crippen LogP contribution >= 0.6 is 0 Å². The fraction of sp³-hybridized carbons (Fsp3) is 0.588. The fourth-order valence-electron chi connectivity index (χ4n) is 3.69. The van der Waals surface area contributed by atoms with Crippen LogP contribution in [0, 0.1) is 5.82 Å². The maximum absolute atomic E-state index is 14.9. The summed E-state index contributed by atoms with van der Waals surface area (Å²) >= 11 is 0. The Hall–Kier alpha value is -2.63. The molecular weight excluding hydrogens is 398 g/mol. The van der Waals surface area contributed by atoms with Gasteiger partial charge in [0.15, 0.2) is 5.82 Å². The number of oxazole rings is 1. The topological polar surface area (TPSA) is 76.6 Å². The van der Waals surface area contributed by atoms with Gasteiger partial charge in [-0.2, -0.15) is 22.5 Å². The van der Waals surface area contributed by atoms with Crippen molar-refractivity contribution in [1.82, 2.24) is 14.5 Å². The van der Waals surface area contributed by atoms with E-state index in [1.165, 1.54) is 17.4 Å². The predicted octanol–water partition coefficient (Wildman–Crippen LogP) is 2.11. The second kappa shape index (κ2) is 7.32. The van der Waals surface area contributed by atoms with Crippen LogP contribution in [0.25, 0.3) is 0 Å². The molecule has 8 nitrogen and oxygen atoms in total. The molecule has 12 heteroatoms. The largest absolute Gasteiger partial charge is 0.447 e. The normalized spacial score (nSPS) is 22.7. The molecule has 2 aromatic heterocycles. The van der Waals surface area contributed by atoms with Gasteiger partial charge in [0.05, 0.1) is 32.0 Å². The van der Waals surface area contributed by atoms with Gasteiger partial charge < -0.3 is 19.0 Å². The van der Waals surface area contributed by atoms with Crippen LogP contribution in [0.15, 0.2) is 21.7 Å². The smallest absolute Gasteiger partial charge is 0.409 e. The minimum Gasteiger partial charge on any atom is -0.447 e.